The highest BCUT2D eigenvalue weighted by atomic mass is 35.5. The van der Waals surface area contributed by atoms with Gasteiger partial charge in [0, 0.05) is 18.3 Å². The first-order valence-electron chi connectivity index (χ1n) is 7.75. The van der Waals surface area contributed by atoms with Crippen LogP contribution in [0.1, 0.15) is 23.2 Å². The zero-order valence-electron chi connectivity index (χ0n) is 12.9. The van der Waals surface area contributed by atoms with Crippen molar-refractivity contribution in [3.05, 3.63) is 60.2 Å². The minimum absolute atomic E-state index is 0. The second-order valence-corrected chi connectivity index (χ2v) is 5.55. The van der Waals surface area contributed by atoms with Crippen molar-refractivity contribution in [1.82, 2.24) is 10.6 Å². The molecule has 0 unspecified atom stereocenters. The minimum atomic E-state index is -0.0206. The Morgan fingerprint density at radius 2 is 1.78 bits per heavy atom. The Bertz CT molecular complexity index is 627. The van der Waals surface area contributed by atoms with E-state index in [-0.39, 0.29) is 24.4 Å². The SMILES string of the molecule is Cl.O=C(N[C@H]1CCCNC1)c1ccccc1Nc1ccccc1. The fourth-order valence-electron chi connectivity index (χ4n) is 2.71. The lowest BCUT2D eigenvalue weighted by atomic mass is 10.1. The fraction of sp³-hybridized carbons (Fsp3) is 0.278. The highest BCUT2D eigenvalue weighted by molar-refractivity contribution is 6.00. The Kier molecular flexibility index (Phi) is 6.44. The van der Waals surface area contributed by atoms with Gasteiger partial charge in [0.25, 0.3) is 5.91 Å². The van der Waals surface area contributed by atoms with Gasteiger partial charge < -0.3 is 16.0 Å². The number of anilines is 2. The van der Waals surface area contributed by atoms with Gasteiger partial charge in [0.05, 0.1) is 11.3 Å². The first-order valence-corrected chi connectivity index (χ1v) is 7.75. The highest BCUT2D eigenvalue weighted by Gasteiger charge is 2.18. The van der Waals surface area contributed by atoms with E-state index in [2.05, 4.69) is 16.0 Å². The van der Waals surface area contributed by atoms with Gasteiger partial charge in [0.1, 0.15) is 0 Å². The van der Waals surface area contributed by atoms with Crippen LogP contribution in [0.2, 0.25) is 0 Å². The van der Waals surface area contributed by atoms with Crippen LogP contribution in [-0.4, -0.2) is 25.0 Å². The summed E-state index contributed by atoms with van der Waals surface area (Å²) in [5.74, 6) is -0.0206. The van der Waals surface area contributed by atoms with Crippen LogP contribution in [0.5, 0.6) is 0 Å². The van der Waals surface area contributed by atoms with Crippen LogP contribution in [0.3, 0.4) is 0 Å². The average molecular weight is 332 g/mol. The molecule has 0 aliphatic carbocycles. The highest BCUT2D eigenvalue weighted by Crippen LogP contribution is 2.21. The van der Waals surface area contributed by atoms with Crippen molar-refractivity contribution in [2.45, 2.75) is 18.9 Å². The van der Waals surface area contributed by atoms with Gasteiger partial charge in [0.15, 0.2) is 0 Å². The van der Waals surface area contributed by atoms with Crippen molar-refractivity contribution in [2.24, 2.45) is 0 Å². The molecule has 3 N–H and O–H groups in total. The summed E-state index contributed by atoms with van der Waals surface area (Å²) in [7, 11) is 0. The molecule has 0 aromatic heterocycles. The summed E-state index contributed by atoms with van der Waals surface area (Å²) in [6.45, 7) is 1.89. The summed E-state index contributed by atoms with van der Waals surface area (Å²) >= 11 is 0. The number of para-hydroxylation sites is 2. The van der Waals surface area contributed by atoms with E-state index in [9.17, 15) is 4.79 Å². The molecule has 0 bridgehead atoms. The molecule has 5 heteroatoms. The molecule has 4 nitrogen and oxygen atoms in total. The van der Waals surface area contributed by atoms with E-state index in [0.29, 0.717) is 5.56 Å². The zero-order chi connectivity index (χ0) is 15.2. The molecule has 1 aliphatic rings. The number of piperidine rings is 1. The molecule has 0 spiro atoms. The number of carbonyl (C=O) groups is 1. The molecule has 0 saturated carbocycles. The maximum Gasteiger partial charge on any atom is 0.253 e. The van der Waals surface area contributed by atoms with Crippen molar-refractivity contribution in [3.63, 3.8) is 0 Å². The van der Waals surface area contributed by atoms with Crippen LogP contribution in [0, 0.1) is 0 Å². The third-order valence-corrected chi connectivity index (χ3v) is 3.86. The van der Waals surface area contributed by atoms with Crippen LogP contribution in [-0.2, 0) is 0 Å². The Hall–Kier alpha value is -2.04. The molecule has 1 amide bonds. The van der Waals surface area contributed by atoms with Crippen LogP contribution in [0.15, 0.2) is 54.6 Å². The van der Waals surface area contributed by atoms with Gasteiger partial charge in [-0.05, 0) is 43.7 Å². The molecule has 1 aliphatic heterocycles. The number of nitrogens with one attached hydrogen (secondary N) is 3. The van der Waals surface area contributed by atoms with Crippen molar-refractivity contribution in [1.29, 1.82) is 0 Å². The number of amides is 1. The molecule has 2 aromatic carbocycles. The summed E-state index contributed by atoms with van der Waals surface area (Å²) in [6, 6.07) is 17.7. The van der Waals surface area contributed by atoms with Gasteiger partial charge in [-0.3, -0.25) is 4.79 Å². The lowest BCUT2D eigenvalue weighted by Crippen LogP contribution is -2.45. The number of rotatable bonds is 4. The van der Waals surface area contributed by atoms with E-state index in [0.717, 1.165) is 37.3 Å². The molecule has 1 atom stereocenters. The predicted molar refractivity (Wildman–Crippen MR) is 96.8 cm³/mol. The molecule has 1 heterocycles. The summed E-state index contributed by atoms with van der Waals surface area (Å²) in [5, 5.41) is 9.75. The first-order chi connectivity index (χ1) is 10.8. The Morgan fingerprint density at radius 1 is 1.04 bits per heavy atom. The average Bonchev–Trinajstić information content (AvgIpc) is 2.57. The molecular weight excluding hydrogens is 310 g/mol. The van der Waals surface area contributed by atoms with Crippen LogP contribution >= 0.6 is 12.4 Å². The minimum Gasteiger partial charge on any atom is -0.355 e. The second kappa shape index (κ2) is 8.56. The second-order valence-electron chi connectivity index (χ2n) is 5.55. The number of carbonyl (C=O) groups excluding carboxylic acids is 1. The van der Waals surface area contributed by atoms with E-state index < -0.39 is 0 Å². The van der Waals surface area contributed by atoms with Gasteiger partial charge in [0.2, 0.25) is 0 Å². The number of hydrogen-bond donors (Lipinski definition) is 3. The molecule has 1 saturated heterocycles. The summed E-state index contributed by atoms with van der Waals surface area (Å²) in [4.78, 5) is 12.5. The van der Waals surface area contributed by atoms with E-state index in [1.165, 1.54) is 0 Å². The normalized spacial score (nSPS) is 17.0. The summed E-state index contributed by atoms with van der Waals surface area (Å²) in [5.41, 5.74) is 2.48. The lowest BCUT2D eigenvalue weighted by molar-refractivity contribution is 0.0931. The van der Waals surface area contributed by atoms with Gasteiger partial charge >= 0.3 is 0 Å². The molecule has 2 aromatic rings. The first kappa shape index (κ1) is 17.3. The van der Waals surface area contributed by atoms with Crippen LogP contribution < -0.4 is 16.0 Å². The molecule has 0 radical (unpaired) electrons. The monoisotopic (exact) mass is 331 g/mol. The maximum absolute atomic E-state index is 12.5. The Morgan fingerprint density at radius 3 is 2.52 bits per heavy atom. The molecule has 1 fully saturated rings. The predicted octanol–water partition coefficient (Wildman–Crippen LogP) is 3.33. The third kappa shape index (κ3) is 4.71. The van der Waals surface area contributed by atoms with E-state index in [1.807, 2.05) is 54.6 Å². The molecule has 23 heavy (non-hydrogen) atoms. The molecule has 122 valence electrons. The van der Waals surface area contributed by atoms with Crippen LogP contribution in [0.25, 0.3) is 0 Å². The standard InChI is InChI=1S/C18H21N3O.ClH/c22-18(21-15-9-6-12-19-13-15)16-10-4-5-11-17(16)20-14-7-2-1-3-8-14;/h1-5,7-8,10-11,15,19-20H,6,9,12-13H2,(H,21,22);1H/t15-;/m0./s1. The van der Waals surface area contributed by atoms with Crippen LogP contribution in [0.4, 0.5) is 11.4 Å². The van der Waals surface area contributed by atoms with Crippen molar-refractivity contribution < 1.29 is 4.79 Å². The largest absolute Gasteiger partial charge is 0.355 e. The van der Waals surface area contributed by atoms with Crippen molar-refractivity contribution >= 4 is 29.7 Å². The smallest absolute Gasteiger partial charge is 0.253 e. The van der Waals surface area contributed by atoms with Gasteiger partial charge in [-0.15, -0.1) is 12.4 Å². The quantitative estimate of drug-likeness (QED) is 0.805. The number of halogens is 1. The number of benzene rings is 2. The zero-order valence-corrected chi connectivity index (χ0v) is 13.7. The molecular formula is C18H22ClN3O. The van der Waals surface area contributed by atoms with E-state index in [1.54, 1.807) is 0 Å². The third-order valence-electron chi connectivity index (χ3n) is 3.86. The van der Waals surface area contributed by atoms with Crippen molar-refractivity contribution in [3.8, 4) is 0 Å². The summed E-state index contributed by atoms with van der Waals surface area (Å²) < 4.78 is 0. The Balaban J connectivity index is 0.00000192. The number of hydrogen-bond acceptors (Lipinski definition) is 3. The van der Waals surface area contributed by atoms with Crippen molar-refractivity contribution in [2.75, 3.05) is 18.4 Å². The maximum atomic E-state index is 12.5. The van der Waals surface area contributed by atoms with Gasteiger partial charge in [-0.1, -0.05) is 30.3 Å². The summed E-state index contributed by atoms with van der Waals surface area (Å²) in [6.07, 6.45) is 2.14. The molecule has 3 rings (SSSR count). The topological polar surface area (TPSA) is 53.2 Å². The van der Waals surface area contributed by atoms with Gasteiger partial charge in [-0.25, -0.2) is 0 Å². The lowest BCUT2D eigenvalue weighted by Gasteiger charge is -2.24. The fourth-order valence-corrected chi connectivity index (χ4v) is 2.71. The van der Waals surface area contributed by atoms with E-state index in [4.69, 9.17) is 0 Å². The van der Waals surface area contributed by atoms with Gasteiger partial charge in [-0.2, -0.15) is 0 Å². The Labute approximate surface area is 143 Å². The van der Waals surface area contributed by atoms with E-state index >= 15 is 0 Å².